The second kappa shape index (κ2) is 6.99. The fourth-order valence-electron chi connectivity index (χ4n) is 2.86. The van der Waals surface area contributed by atoms with E-state index < -0.39 is 9.84 Å². The van der Waals surface area contributed by atoms with Gasteiger partial charge in [0.25, 0.3) is 5.91 Å². The molecule has 1 amide bonds. The number of carbonyl (C=O) groups excluding carboxylic acids is 1. The second-order valence-electron chi connectivity index (χ2n) is 6.27. The smallest absolute Gasteiger partial charge is 0.255 e. The molecule has 1 unspecified atom stereocenters. The standard InChI is InChI=1S/C19H21NO5S/c1-4-24-18-10-14-9-12(2)25-17(14)11-16(18)20-19(21)13-5-7-15(8-6-13)26(3,22)23/h5-8,10-12H,4,9H2,1-3H3,(H,20,21). The minimum Gasteiger partial charge on any atom is -0.492 e. The average Bonchev–Trinajstić information content (AvgIpc) is 2.93. The molecule has 6 nitrogen and oxygen atoms in total. The first-order chi connectivity index (χ1) is 12.3. The van der Waals surface area contributed by atoms with Crippen molar-refractivity contribution in [2.24, 2.45) is 0 Å². The van der Waals surface area contributed by atoms with Crippen molar-refractivity contribution >= 4 is 21.4 Å². The number of rotatable bonds is 5. The van der Waals surface area contributed by atoms with Crippen molar-refractivity contribution in [1.29, 1.82) is 0 Å². The molecule has 0 saturated carbocycles. The molecule has 0 spiro atoms. The molecule has 0 bridgehead atoms. The van der Waals surface area contributed by atoms with Gasteiger partial charge in [-0.3, -0.25) is 4.79 Å². The van der Waals surface area contributed by atoms with E-state index in [1.165, 1.54) is 24.3 Å². The van der Waals surface area contributed by atoms with Crippen LogP contribution in [0.15, 0.2) is 41.3 Å². The SMILES string of the molecule is CCOc1cc2c(cc1NC(=O)c1ccc(S(C)(=O)=O)cc1)OC(C)C2. The molecule has 2 aromatic rings. The van der Waals surface area contributed by atoms with Gasteiger partial charge in [-0.2, -0.15) is 0 Å². The third kappa shape index (κ3) is 3.83. The van der Waals surface area contributed by atoms with Crippen LogP contribution in [-0.4, -0.2) is 33.3 Å². The first-order valence-electron chi connectivity index (χ1n) is 8.35. The van der Waals surface area contributed by atoms with Gasteiger partial charge in [-0.1, -0.05) is 0 Å². The Morgan fingerprint density at radius 2 is 1.96 bits per heavy atom. The molecule has 1 aliphatic rings. The van der Waals surface area contributed by atoms with Crippen molar-refractivity contribution in [3.05, 3.63) is 47.5 Å². The minimum atomic E-state index is -3.30. The number of sulfone groups is 1. The molecule has 26 heavy (non-hydrogen) atoms. The topological polar surface area (TPSA) is 81.7 Å². The van der Waals surface area contributed by atoms with Gasteiger partial charge in [0, 0.05) is 29.9 Å². The number of hydrogen-bond donors (Lipinski definition) is 1. The molecule has 0 radical (unpaired) electrons. The van der Waals surface area contributed by atoms with Gasteiger partial charge in [0.05, 0.1) is 17.2 Å². The zero-order valence-corrected chi connectivity index (χ0v) is 15.7. The van der Waals surface area contributed by atoms with Crippen LogP contribution in [0.1, 0.15) is 29.8 Å². The number of amides is 1. The van der Waals surface area contributed by atoms with E-state index in [0.29, 0.717) is 23.6 Å². The molecule has 1 N–H and O–H groups in total. The third-order valence-corrected chi connectivity index (χ3v) is 5.22. The summed E-state index contributed by atoms with van der Waals surface area (Å²) in [6, 6.07) is 9.47. The molecule has 7 heteroatoms. The largest absolute Gasteiger partial charge is 0.492 e. The fraction of sp³-hybridized carbons (Fsp3) is 0.316. The third-order valence-electron chi connectivity index (χ3n) is 4.09. The Hall–Kier alpha value is -2.54. The van der Waals surface area contributed by atoms with Gasteiger partial charge < -0.3 is 14.8 Å². The Labute approximate surface area is 153 Å². The van der Waals surface area contributed by atoms with Crippen LogP contribution in [-0.2, 0) is 16.3 Å². The summed E-state index contributed by atoms with van der Waals surface area (Å²) in [5.41, 5.74) is 1.93. The number of ether oxygens (including phenoxy) is 2. The molecular formula is C19H21NO5S. The highest BCUT2D eigenvalue weighted by Crippen LogP contribution is 2.38. The van der Waals surface area contributed by atoms with Crippen molar-refractivity contribution in [3.8, 4) is 11.5 Å². The Morgan fingerprint density at radius 1 is 1.27 bits per heavy atom. The second-order valence-corrected chi connectivity index (χ2v) is 8.29. The van der Waals surface area contributed by atoms with Crippen molar-refractivity contribution in [2.45, 2.75) is 31.3 Å². The maximum Gasteiger partial charge on any atom is 0.255 e. The summed E-state index contributed by atoms with van der Waals surface area (Å²) in [4.78, 5) is 12.7. The molecular weight excluding hydrogens is 354 g/mol. The zero-order chi connectivity index (χ0) is 18.9. The van der Waals surface area contributed by atoms with E-state index in [1.54, 1.807) is 6.07 Å². The van der Waals surface area contributed by atoms with Crippen LogP contribution in [0.3, 0.4) is 0 Å². The fourth-order valence-corrected chi connectivity index (χ4v) is 3.49. The van der Waals surface area contributed by atoms with Crippen molar-refractivity contribution < 1.29 is 22.7 Å². The molecule has 0 fully saturated rings. The highest BCUT2D eigenvalue weighted by molar-refractivity contribution is 7.90. The van der Waals surface area contributed by atoms with E-state index >= 15 is 0 Å². The predicted molar refractivity (Wildman–Crippen MR) is 98.9 cm³/mol. The van der Waals surface area contributed by atoms with Gasteiger partial charge in [-0.15, -0.1) is 0 Å². The maximum atomic E-state index is 12.5. The summed E-state index contributed by atoms with van der Waals surface area (Å²) in [7, 11) is -3.30. The van der Waals surface area contributed by atoms with Crippen molar-refractivity contribution in [2.75, 3.05) is 18.2 Å². The molecule has 1 heterocycles. The van der Waals surface area contributed by atoms with E-state index in [1.807, 2.05) is 19.9 Å². The van der Waals surface area contributed by atoms with Gasteiger partial charge in [0.1, 0.15) is 17.6 Å². The lowest BCUT2D eigenvalue weighted by molar-refractivity contribution is 0.102. The summed E-state index contributed by atoms with van der Waals surface area (Å²) in [6.07, 6.45) is 2.02. The Morgan fingerprint density at radius 3 is 2.58 bits per heavy atom. The number of hydrogen-bond acceptors (Lipinski definition) is 5. The van der Waals surface area contributed by atoms with Crippen LogP contribution < -0.4 is 14.8 Å². The molecule has 1 atom stereocenters. The average molecular weight is 375 g/mol. The first-order valence-corrected chi connectivity index (χ1v) is 10.2. The van der Waals surface area contributed by atoms with Gasteiger partial charge in [0.15, 0.2) is 9.84 Å². The Bertz CT molecular complexity index is 935. The van der Waals surface area contributed by atoms with Gasteiger partial charge in [0.2, 0.25) is 0 Å². The van der Waals surface area contributed by atoms with Gasteiger partial charge in [-0.25, -0.2) is 8.42 Å². The maximum absolute atomic E-state index is 12.5. The molecule has 0 aliphatic carbocycles. The number of carbonyl (C=O) groups is 1. The number of fused-ring (bicyclic) bond motifs is 1. The zero-order valence-electron chi connectivity index (χ0n) is 14.9. The lowest BCUT2D eigenvalue weighted by Crippen LogP contribution is -2.13. The van der Waals surface area contributed by atoms with E-state index in [9.17, 15) is 13.2 Å². The lowest BCUT2D eigenvalue weighted by atomic mass is 10.1. The van der Waals surface area contributed by atoms with Crippen molar-refractivity contribution in [1.82, 2.24) is 0 Å². The van der Waals surface area contributed by atoms with E-state index in [4.69, 9.17) is 9.47 Å². The normalized spacial score (nSPS) is 15.9. The molecule has 2 aromatic carbocycles. The van der Waals surface area contributed by atoms with Gasteiger partial charge >= 0.3 is 0 Å². The molecule has 1 aliphatic heterocycles. The van der Waals surface area contributed by atoms with Crippen LogP contribution in [0.4, 0.5) is 5.69 Å². The van der Waals surface area contributed by atoms with Crippen LogP contribution in [0.25, 0.3) is 0 Å². The Kier molecular flexibility index (Phi) is 4.91. The summed E-state index contributed by atoms with van der Waals surface area (Å²) in [5, 5.41) is 2.82. The van der Waals surface area contributed by atoms with E-state index in [0.717, 1.165) is 24.0 Å². The summed E-state index contributed by atoms with van der Waals surface area (Å²) in [5.74, 6) is 0.978. The Balaban J connectivity index is 1.86. The molecule has 0 aromatic heterocycles. The molecule has 0 saturated heterocycles. The highest BCUT2D eigenvalue weighted by atomic mass is 32.2. The minimum absolute atomic E-state index is 0.0916. The van der Waals surface area contributed by atoms with Crippen LogP contribution in [0.5, 0.6) is 11.5 Å². The summed E-state index contributed by atoms with van der Waals surface area (Å²) in [6.45, 7) is 4.34. The number of anilines is 1. The van der Waals surface area contributed by atoms with E-state index in [-0.39, 0.29) is 16.9 Å². The predicted octanol–water partition coefficient (Wildman–Crippen LogP) is 3.06. The van der Waals surface area contributed by atoms with Gasteiger partial charge in [-0.05, 0) is 44.2 Å². The monoisotopic (exact) mass is 375 g/mol. The lowest BCUT2D eigenvalue weighted by Gasteiger charge is -2.13. The number of benzene rings is 2. The van der Waals surface area contributed by atoms with E-state index in [2.05, 4.69) is 5.32 Å². The molecule has 3 rings (SSSR count). The van der Waals surface area contributed by atoms with Crippen LogP contribution in [0, 0.1) is 0 Å². The van der Waals surface area contributed by atoms with Crippen molar-refractivity contribution in [3.63, 3.8) is 0 Å². The molecule has 138 valence electrons. The summed E-state index contributed by atoms with van der Waals surface area (Å²) >= 11 is 0. The first kappa shape index (κ1) is 18.3. The highest BCUT2D eigenvalue weighted by Gasteiger charge is 2.23. The van der Waals surface area contributed by atoms with Crippen LogP contribution in [0.2, 0.25) is 0 Å². The quantitative estimate of drug-likeness (QED) is 0.869. The van der Waals surface area contributed by atoms with Crippen LogP contribution >= 0.6 is 0 Å². The summed E-state index contributed by atoms with van der Waals surface area (Å²) < 4.78 is 34.4. The number of nitrogens with one attached hydrogen (secondary N) is 1.